The van der Waals surface area contributed by atoms with Gasteiger partial charge in [0.15, 0.2) is 0 Å². The zero-order valence-corrected chi connectivity index (χ0v) is 16.2. The molecular formula is C16H21IN2O5. The zero-order valence-electron chi connectivity index (χ0n) is 14.0. The molecule has 0 saturated carbocycles. The number of ether oxygens (including phenoxy) is 2. The third kappa shape index (κ3) is 7.16. The van der Waals surface area contributed by atoms with E-state index >= 15 is 0 Å². The van der Waals surface area contributed by atoms with Crippen LogP contribution in [-0.4, -0.2) is 29.6 Å². The van der Waals surface area contributed by atoms with Crippen LogP contribution in [0.4, 0.5) is 4.79 Å². The summed E-state index contributed by atoms with van der Waals surface area (Å²) in [6, 6.07) is 4.18. The molecule has 0 aromatic heterocycles. The number of rotatable bonds is 5. The van der Waals surface area contributed by atoms with E-state index < -0.39 is 29.6 Å². The Bertz CT molecular complexity index is 640. The lowest BCUT2D eigenvalue weighted by molar-refractivity contribution is -0.132. The fourth-order valence-corrected chi connectivity index (χ4v) is 2.51. The first kappa shape index (κ1) is 20.2. The molecule has 0 aliphatic heterocycles. The van der Waals surface area contributed by atoms with E-state index in [1.165, 1.54) is 6.92 Å². The van der Waals surface area contributed by atoms with E-state index in [0.717, 1.165) is 5.56 Å². The number of carbonyl (C=O) groups excluding carboxylic acids is 3. The molecule has 1 aromatic rings. The topological polar surface area (TPSA) is 108 Å². The van der Waals surface area contributed by atoms with Gasteiger partial charge < -0.3 is 20.5 Å². The van der Waals surface area contributed by atoms with Gasteiger partial charge in [-0.25, -0.2) is 4.79 Å². The molecule has 2 amide bonds. The van der Waals surface area contributed by atoms with Gasteiger partial charge in [-0.05, 0) is 61.1 Å². The third-order valence-electron chi connectivity index (χ3n) is 2.72. The summed E-state index contributed by atoms with van der Waals surface area (Å²) in [5.74, 6) is -0.648. The van der Waals surface area contributed by atoms with E-state index in [1.807, 2.05) is 22.6 Å². The number of carbonyl (C=O) groups is 3. The van der Waals surface area contributed by atoms with Crippen molar-refractivity contribution in [1.29, 1.82) is 0 Å². The molecule has 0 radical (unpaired) electrons. The Morgan fingerprint density at radius 2 is 1.92 bits per heavy atom. The van der Waals surface area contributed by atoms with Crippen LogP contribution >= 0.6 is 22.6 Å². The van der Waals surface area contributed by atoms with Crippen molar-refractivity contribution in [1.82, 2.24) is 5.32 Å². The first-order valence-electron chi connectivity index (χ1n) is 7.23. The smallest absolute Gasteiger partial charge is 0.408 e. The van der Waals surface area contributed by atoms with Gasteiger partial charge in [-0.15, -0.1) is 0 Å². The number of hydrogen-bond acceptors (Lipinski definition) is 5. The summed E-state index contributed by atoms with van der Waals surface area (Å²) in [4.78, 5) is 34.4. The monoisotopic (exact) mass is 448 g/mol. The minimum absolute atomic E-state index is 0.199. The summed E-state index contributed by atoms with van der Waals surface area (Å²) < 4.78 is 10.9. The van der Waals surface area contributed by atoms with Gasteiger partial charge in [-0.2, -0.15) is 0 Å². The largest absolute Gasteiger partial charge is 0.444 e. The van der Waals surface area contributed by atoms with Crippen LogP contribution in [0.1, 0.15) is 33.3 Å². The van der Waals surface area contributed by atoms with Gasteiger partial charge in [0, 0.05) is 13.3 Å². The number of benzene rings is 1. The summed E-state index contributed by atoms with van der Waals surface area (Å²) in [6.07, 6.45) is -0.511. The fraction of sp³-hybridized carbons (Fsp3) is 0.438. The molecule has 1 rings (SSSR count). The van der Waals surface area contributed by atoms with Gasteiger partial charge in [0.05, 0.1) is 3.57 Å². The van der Waals surface area contributed by atoms with Crippen molar-refractivity contribution < 1.29 is 23.9 Å². The molecule has 0 spiro atoms. The van der Waals surface area contributed by atoms with Crippen molar-refractivity contribution >= 4 is 40.6 Å². The molecule has 0 bridgehead atoms. The zero-order chi connectivity index (χ0) is 18.5. The highest BCUT2D eigenvalue weighted by atomic mass is 127. The van der Waals surface area contributed by atoms with E-state index in [0.29, 0.717) is 9.32 Å². The Kier molecular flexibility index (Phi) is 7.00. The SMILES string of the molecule is CC(=O)Oc1ccc(C[C@H](NC(=O)OC(C)(C)C)C(N)=O)cc1I. The summed E-state index contributed by atoms with van der Waals surface area (Å²) in [5, 5.41) is 2.46. The fourth-order valence-electron chi connectivity index (χ4n) is 1.82. The van der Waals surface area contributed by atoms with Crippen molar-refractivity contribution in [3.63, 3.8) is 0 Å². The van der Waals surface area contributed by atoms with E-state index in [2.05, 4.69) is 5.32 Å². The molecule has 3 N–H and O–H groups in total. The van der Waals surface area contributed by atoms with Crippen LogP contribution in [0.15, 0.2) is 18.2 Å². The molecule has 0 unspecified atom stereocenters. The van der Waals surface area contributed by atoms with Gasteiger partial charge in [-0.1, -0.05) is 6.07 Å². The number of nitrogens with two attached hydrogens (primary N) is 1. The van der Waals surface area contributed by atoms with Crippen LogP contribution < -0.4 is 15.8 Å². The molecule has 0 fully saturated rings. The Hall–Kier alpha value is -1.84. The Labute approximate surface area is 154 Å². The van der Waals surface area contributed by atoms with Crippen molar-refractivity contribution in [2.24, 2.45) is 5.73 Å². The number of esters is 1. The predicted octanol–water partition coefficient (Wildman–Crippen LogP) is 2.14. The summed E-state index contributed by atoms with van der Waals surface area (Å²) >= 11 is 2.02. The normalized spacial score (nSPS) is 12.2. The number of hydrogen-bond donors (Lipinski definition) is 2. The second-order valence-corrected chi connectivity index (χ2v) is 7.33. The van der Waals surface area contributed by atoms with Crippen LogP contribution in [0.2, 0.25) is 0 Å². The van der Waals surface area contributed by atoms with Gasteiger partial charge in [0.2, 0.25) is 5.91 Å². The van der Waals surface area contributed by atoms with Gasteiger partial charge >= 0.3 is 12.1 Å². The maximum absolute atomic E-state index is 11.8. The van der Waals surface area contributed by atoms with Crippen molar-refractivity contribution in [3.05, 3.63) is 27.3 Å². The molecule has 1 aromatic carbocycles. The van der Waals surface area contributed by atoms with Crippen molar-refractivity contribution in [2.45, 2.75) is 45.8 Å². The molecule has 0 aliphatic rings. The lowest BCUT2D eigenvalue weighted by Crippen LogP contribution is -2.47. The van der Waals surface area contributed by atoms with Gasteiger partial charge in [0.1, 0.15) is 17.4 Å². The lowest BCUT2D eigenvalue weighted by atomic mass is 10.1. The van der Waals surface area contributed by atoms with E-state index in [-0.39, 0.29) is 6.42 Å². The molecule has 0 aliphatic carbocycles. The van der Waals surface area contributed by atoms with Crippen molar-refractivity contribution in [2.75, 3.05) is 0 Å². The Morgan fingerprint density at radius 3 is 2.38 bits per heavy atom. The molecule has 132 valence electrons. The molecule has 8 heteroatoms. The van der Waals surface area contributed by atoms with E-state index in [4.69, 9.17) is 15.2 Å². The highest BCUT2D eigenvalue weighted by Crippen LogP contribution is 2.23. The molecular weight excluding hydrogens is 427 g/mol. The van der Waals surface area contributed by atoms with Crippen LogP contribution in [0, 0.1) is 3.57 Å². The maximum Gasteiger partial charge on any atom is 0.408 e. The van der Waals surface area contributed by atoms with Crippen LogP contribution in [0.5, 0.6) is 5.75 Å². The second kappa shape index (κ2) is 8.32. The standard InChI is InChI=1S/C16H21IN2O5/c1-9(20)23-13-6-5-10(7-11(13)17)8-12(14(18)21)19-15(22)24-16(2,3)4/h5-7,12H,8H2,1-4H3,(H2,18,21)(H,19,22)/t12-/m0/s1. The van der Waals surface area contributed by atoms with E-state index in [1.54, 1.807) is 39.0 Å². The second-order valence-electron chi connectivity index (χ2n) is 6.16. The van der Waals surface area contributed by atoms with Crippen LogP contribution in [-0.2, 0) is 20.7 Å². The average Bonchev–Trinajstić information content (AvgIpc) is 2.38. The van der Waals surface area contributed by atoms with Crippen LogP contribution in [0.3, 0.4) is 0 Å². The van der Waals surface area contributed by atoms with Crippen LogP contribution in [0.25, 0.3) is 0 Å². The summed E-state index contributed by atoms with van der Waals surface area (Å²) in [5.41, 5.74) is 5.44. The molecule has 1 atom stereocenters. The molecule has 0 saturated heterocycles. The van der Waals surface area contributed by atoms with E-state index in [9.17, 15) is 14.4 Å². The van der Waals surface area contributed by atoms with Crippen molar-refractivity contribution in [3.8, 4) is 5.75 Å². The quantitative estimate of drug-likeness (QED) is 0.408. The highest BCUT2D eigenvalue weighted by Gasteiger charge is 2.23. The first-order valence-corrected chi connectivity index (χ1v) is 8.31. The average molecular weight is 448 g/mol. The summed E-state index contributed by atoms with van der Waals surface area (Å²) in [7, 11) is 0. The molecule has 0 heterocycles. The number of halogens is 1. The Morgan fingerprint density at radius 1 is 1.29 bits per heavy atom. The molecule has 24 heavy (non-hydrogen) atoms. The number of amides is 2. The van der Waals surface area contributed by atoms with Gasteiger partial charge in [0.25, 0.3) is 0 Å². The predicted molar refractivity (Wildman–Crippen MR) is 96.5 cm³/mol. The summed E-state index contributed by atoms with van der Waals surface area (Å²) in [6.45, 7) is 6.49. The van der Waals surface area contributed by atoms with Gasteiger partial charge in [-0.3, -0.25) is 9.59 Å². The minimum atomic E-state index is -0.907. The number of alkyl carbamates (subject to hydrolysis) is 1. The lowest BCUT2D eigenvalue weighted by Gasteiger charge is -2.22. The maximum atomic E-state index is 11.8. The first-order chi connectivity index (χ1) is 11.0. The highest BCUT2D eigenvalue weighted by molar-refractivity contribution is 14.1. The Balaban J connectivity index is 2.82. The third-order valence-corrected chi connectivity index (χ3v) is 3.57. The number of primary amides is 1. The minimum Gasteiger partial charge on any atom is -0.444 e. The number of nitrogens with one attached hydrogen (secondary N) is 1. The molecule has 7 nitrogen and oxygen atoms in total.